The molecule has 1 aliphatic rings. The van der Waals surface area contributed by atoms with E-state index >= 15 is 0 Å². The lowest BCUT2D eigenvalue weighted by Gasteiger charge is -2.40. The van der Waals surface area contributed by atoms with E-state index in [2.05, 4.69) is 0 Å². The minimum Gasteiger partial charge on any atom is -0.504 e. The topological polar surface area (TPSA) is 179 Å². The van der Waals surface area contributed by atoms with Crippen molar-refractivity contribution in [2.45, 2.75) is 30.5 Å². The Hall–Kier alpha value is -3.35. The fraction of sp³-hybridized carbons (Fsp3) is 0.348. The maximum Gasteiger partial charge on any atom is 0.204 e. The molecule has 1 fully saturated rings. The Kier molecular flexibility index (Phi) is 6.39. The highest BCUT2D eigenvalue weighted by Gasteiger charge is 2.46. The van der Waals surface area contributed by atoms with Gasteiger partial charge < -0.3 is 49.3 Å². The van der Waals surface area contributed by atoms with E-state index in [1.165, 1.54) is 7.11 Å². The van der Waals surface area contributed by atoms with Gasteiger partial charge in [0.1, 0.15) is 47.9 Å². The van der Waals surface area contributed by atoms with Crippen LogP contribution in [0.1, 0.15) is 11.7 Å². The van der Waals surface area contributed by atoms with Crippen LogP contribution in [0, 0.1) is 0 Å². The van der Waals surface area contributed by atoms with Gasteiger partial charge in [-0.25, -0.2) is 0 Å². The van der Waals surface area contributed by atoms with Crippen molar-refractivity contribution in [3.8, 4) is 34.1 Å². The van der Waals surface area contributed by atoms with Crippen LogP contribution in [0.3, 0.4) is 0 Å². The van der Waals surface area contributed by atoms with Crippen molar-refractivity contribution in [1.29, 1.82) is 0 Å². The second-order valence-corrected chi connectivity index (χ2v) is 7.80. The van der Waals surface area contributed by atoms with Crippen molar-refractivity contribution >= 4 is 11.0 Å². The maximum absolute atomic E-state index is 13.4. The molecule has 0 bridgehead atoms. The molecule has 1 saturated heterocycles. The molecule has 182 valence electrons. The van der Waals surface area contributed by atoms with Gasteiger partial charge in [-0.05, 0) is 17.7 Å². The second kappa shape index (κ2) is 9.12. The third-order valence-corrected chi connectivity index (χ3v) is 5.94. The third-order valence-electron chi connectivity index (χ3n) is 5.94. The van der Waals surface area contributed by atoms with Gasteiger partial charge in [-0.15, -0.1) is 0 Å². The monoisotopic (exact) mass is 476 g/mol. The number of aromatic hydroxyl groups is 2. The Morgan fingerprint density at radius 3 is 2.21 bits per heavy atom. The van der Waals surface area contributed by atoms with Gasteiger partial charge in [0, 0.05) is 0 Å². The summed E-state index contributed by atoms with van der Waals surface area (Å²) in [6.45, 7) is -0.707. The van der Waals surface area contributed by atoms with Crippen molar-refractivity contribution in [3.63, 3.8) is 0 Å². The molecular formula is C23H24O11. The fourth-order valence-corrected chi connectivity index (χ4v) is 4.10. The molecule has 0 amide bonds. The molecule has 0 aliphatic carbocycles. The normalized spacial score (nSPS) is 24.8. The van der Waals surface area contributed by atoms with E-state index in [-0.39, 0.29) is 22.1 Å². The number of phenolic OH excluding ortho intramolecular Hbond substituents is 2. The quantitative estimate of drug-likeness (QED) is 0.300. The van der Waals surface area contributed by atoms with Crippen molar-refractivity contribution in [3.05, 3.63) is 46.3 Å². The zero-order valence-electron chi connectivity index (χ0n) is 18.2. The molecule has 1 aliphatic heterocycles. The summed E-state index contributed by atoms with van der Waals surface area (Å²) in [7, 11) is 2.64. The Morgan fingerprint density at radius 2 is 1.62 bits per heavy atom. The molecule has 2 heterocycles. The molecule has 2 aromatic carbocycles. The predicted octanol–water partition coefficient (Wildman–Crippen LogP) is 0.403. The Morgan fingerprint density at radius 1 is 0.941 bits per heavy atom. The summed E-state index contributed by atoms with van der Waals surface area (Å²) in [6.07, 6.45) is -6.91. The number of ether oxygens (including phenoxy) is 3. The maximum atomic E-state index is 13.4. The first-order valence-corrected chi connectivity index (χ1v) is 10.3. The fourth-order valence-electron chi connectivity index (χ4n) is 4.10. The number of phenols is 2. The molecule has 0 spiro atoms. The van der Waals surface area contributed by atoms with Crippen molar-refractivity contribution in [2.75, 3.05) is 20.8 Å². The number of hydrogen-bond acceptors (Lipinski definition) is 11. The lowest BCUT2D eigenvalue weighted by Crippen LogP contribution is -2.55. The van der Waals surface area contributed by atoms with Crippen molar-refractivity contribution in [2.24, 2.45) is 0 Å². The van der Waals surface area contributed by atoms with Gasteiger partial charge in [0.25, 0.3) is 0 Å². The second-order valence-electron chi connectivity index (χ2n) is 7.80. The highest BCUT2D eigenvalue weighted by molar-refractivity contribution is 5.94. The number of hydrogen-bond donors (Lipinski definition) is 6. The highest BCUT2D eigenvalue weighted by atomic mass is 16.5. The first kappa shape index (κ1) is 23.8. The standard InChI is InChI=1S/C23H24O11/c1-31-10-5-3-9(4-6-10)11-8-33-21-13(15(11)25)17(27)23(32-2)18(28)14(21)22-20(30)19(29)16(26)12(7-24)34-22/h3-6,8,12,16,19-20,22,24,26-30H,7H2,1-2H3/t12-,16-,19+,20-,22+/m1/s1. The van der Waals surface area contributed by atoms with Crippen molar-refractivity contribution in [1.82, 2.24) is 0 Å². The van der Waals surface area contributed by atoms with E-state index in [0.29, 0.717) is 11.3 Å². The molecule has 11 heteroatoms. The number of fused-ring (bicyclic) bond motifs is 1. The van der Waals surface area contributed by atoms with Crippen LogP contribution in [0.4, 0.5) is 0 Å². The van der Waals surface area contributed by atoms with Gasteiger partial charge >= 0.3 is 0 Å². The average Bonchev–Trinajstić information content (AvgIpc) is 2.84. The summed E-state index contributed by atoms with van der Waals surface area (Å²) in [5, 5.41) is 61.6. The molecule has 0 saturated carbocycles. The van der Waals surface area contributed by atoms with Gasteiger partial charge in [-0.3, -0.25) is 4.79 Å². The largest absolute Gasteiger partial charge is 0.504 e. The van der Waals surface area contributed by atoms with Crippen LogP contribution in [-0.2, 0) is 4.74 Å². The van der Waals surface area contributed by atoms with Crippen LogP contribution in [0.15, 0.2) is 39.7 Å². The highest BCUT2D eigenvalue weighted by Crippen LogP contribution is 2.49. The summed E-state index contributed by atoms with van der Waals surface area (Å²) < 4.78 is 21.4. The molecule has 6 N–H and O–H groups in total. The van der Waals surface area contributed by atoms with Gasteiger partial charge in [-0.2, -0.15) is 0 Å². The van der Waals surface area contributed by atoms with Gasteiger partial charge in [0.2, 0.25) is 11.2 Å². The van der Waals surface area contributed by atoms with E-state index in [1.54, 1.807) is 24.3 Å². The number of aliphatic hydroxyl groups is 4. The smallest absolute Gasteiger partial charge is 0.204 e. The number of methoxy groups -OCH3 is 2. The number of benzene rings is 2. The average molecular weight is 476 g/mol. The summed E-state index contributed by atoms with van der Waals surface area (Å²) in [4.78, 5) is 13.4. The van der Waals surface area contributed by atoms with E-state index in [0.717, 1.165) is 13.4 Å². The van der Waals surface area contributed by atoms with Crippen LogP contribution in [0.25, 0.3) is 22.1 Å². The first-order chi connectivity index (χ1) is 16.2. The van der Waals surface area contributed by atoms with Crippen molar-refractivity contribution < 1.29 is 49.3 Å². The predicted molar refractivity (Wildman–Crippen MR) is 117 cm³/mol. The molecule has 11 nitrogen and oxygen atoms in total. The van der Waals surface area contributed by atoms with E-state index in [1.807, 2.05) is 0 Å². The third kappa shape index (κ3) is 3.63. The van der Waals surface area contributed by atoms with Crippen LogP contribution in [-0.4, -0.2) is 75.9 Å². The van der Waals surface area contributed by atoms with E-state index in [4.69, 9.17) is 18.6 Å². The molecule has 34 heavy (non-hydrogen) atoms. The molecule has 0 radical (unpaired) electrons. The summed E-state index contributed by atoms with van der Waals surface area (Å²) in [5.74, 6) is -1.34. The van der Waals surface area contributed by atoms with E-state index < -0.39 is 59.8 Å². The molecular weight excluding hydrogens is 452 g/mol. The first-order valence-electron chi connectivity index (χ1n) is 10.3. The van der Waals surface area contributed by atoms with E-state index in [9.17, 15) is 35.4 Å². The summed E-state index contributed by atoms with van der Waals surface area (Å²) >= 11 is 0. The van der Waals surface area contributed by atoms with Gasteiger partial charge in [0.15, 0.2) is 17.1 Å². The lowest BCUT2D eigenvalue weighted by atomic mass is 9.89. The Balaban J connectivity index is 1.98. The number of aliphatic hydroxyl groups excluding tert-OH is 4. The zero-order valence-corrected chi connectivity index (χ0v) is 18.2. The van der Waals surface area contributed by atoms with Crippen LogP contribution < -0.4 is 14.9 Å². The molecule has 5 atom stereocenters. The minimum absolute atomic E-state index is 0.0814. The number of rotatable bonds is 5. The van der Waals surface area contributed by atoms with Gasteiger partial charge in [0.05, 0.1) is 32.0 Å². The minimum atomic E-state index is -1.78. The Bertz CT molecular complexity index is 1250. The summed E-state index contributed by atoms with van der Waals surface area (Å²) in [6, 6.07) is 6.50. The van der Waals surface area contributed by atoms with Crippen LogP contribution >= 0.6 is 0 Å². The van der Waals surface area contributed by atoms with Crippen LogP contribution in [0.5, 0.6) is 23.0 Å². The SMILES string of the molecule is COc1ccc(-c2coc3c([C@@H]4O[C@H](CO)[C@@H](O)[C@H](O)[C@H]4O)c(O)c(OC)c(O)c3c2=O)cc1. The zero-order chi connectivity index (χ0) is 24.7. The summed E-state index contributed by atoms with van der Waals surface area (Å²) in [5.41, 5.74) is -0.773. The molecule has 4 rings (SSSR count). The van der Waals surface area contributed by atoms with Crippen LogP contribution in [0.2, 0.25) is 0 Å². The lowest BCUT2D eigenvalue weighted by molar-refractivity contribution is -0.231. The molecule has 3 aromatic rings. The molecule has 1 aromatic heterocycles. The Labute approximate surface area is 192 Å². The van der Waals surface area contributed by atoms with Gasteiger partial charge in [-0.1, -0.05) is 12.1 Å². The molecule has 0 unspecified atom stereocenters.